The van der Waals surface area contributed by atoms with Crippen molar-refractivity contribution >= 4 is 23.1 Å². The standard InChI is InChI=1S/C23H24N4O3/c1-15-12-16(2)22(17(3)13-15)25-21(28)14-26(4)20-11-10-19(27(29)30)23(24-20)18-8-6-5-7-9-18/h5-13H,14H2,1-4H3,(H,25,28). The van der Waals surface area contributed by atoms with E-state index in [1.54, 1.807) is 42.3 Å². The van der Waals surface area contributed by atoms with Crippen molar-refractivity contribution in [3.63, 3.8) is 0 Å². The molecular formula is C23H24N4O3. The van der Waals surface area contributed by atoms with Crippen molar-refractivity contribution < 1.29 is 9.72 Å². The van der Waals surface area contributed by atoms with Gasteiger partial charge in [0.25, 0.3) is 5.69 Å². The second-order valence-electron chi connectivity index (χ2n) is 7.34. The average Bonchev–Trinajstić information content (AvgIpc) is 2.70. The van der Waals surface area contributed by atoms with Crippen LogP contribution in [0.1, 0.15) is 16.7 Å². The van der Waals surface area contributed by atoms with E-state index in [9.17, 15) is 14.9 Å². The molecule has 0 fully saturated rings. The summed E-state index contributed by atoms with van der Waals surface area (Å²) >= 11 is 0. The van der Waals surface area contributed by atoms with Gasteiger partial charge in [-0.2, -0.15) is 0 Å². The zero-order valence-corrected chi connectivity index (χ0v) is 17.5. The van der Waals surface area contributed by atoms with E-state index in [0.29, 0.717) is 11.4 Å². The van der Waals surface area contributed by atoms with Crippen molar-refractivity contribution in [2.24, 2.45) is 0 Å². The fourth-order valence-electron chi connectivity index (χ4n) is 3.46. The van der Waals surface area contributed by atoms with Gasteiger partial charge in [-0.15, -0.1) is 0 Å². The van der Waals surface area contributed by atoms with E-state index in [1.165, 1.54) is 6.07 Å². The Kier molecular flexibility index (Phi) is 6.11. The van der Waals surface area contributed by atoms with Crippen LogP contribution in [0.5, 0.6) is 0 Å². The monoisotopic (exact) mass is 404 g/mol. The third-order valence-corrected chi connectivity index (χ3v) is 4.82. The maximum atomic E-state index is 12.6. The van der Waals surface area contributed by atoms with Gasteiger partial charge in [0.05, 0.1) is 11.5 Å². The number of likely N-dealkylation sites (N-methyl/N-ethyl adjacent to an activating group) is 1. The van der Waals surface area contributed by atoms with E-state index in [2.05, 4.69) is 10.3 Å². The molecule has 0 saturated heterocycles. The number of aromatic nitrogens is 1. The minimum absolute atomic E-state index is 0.0613. The number of rotatable bonds is 6. The minimum Gasteiger partial charge on any atom is -0.350 e. The zero-order chi connectivity index (χ0) is 21.8. The summed E-state index contributed by atoms with van der Waals surface area (Å²) in [4.78, 5) is 29.8. The average molecular weight is 404 g/mol. The lowest BCUT2D eigenvalue weighted by Crippen LogP contribution is -2.31. The maximum absolute atomic E-state index is 12.6. The Bertz CT molecular complexity index is 1070. The van der Waals surface area contributed by atoms with Gasteiger partial charge in [-0.25, -0.2) is 4.98 Å². The number of benzene rings is 2. The molecule has 154 valence electrons. The highest BCUT2D eigenvalue weighted by Gasteiger charge is 2.20. The lowest BCUT2D eigenvalue weighted by molar-refractivity contribution is -0.384. The van der Waals surface area contributed by atoms with Gasteiger partial charge in [0, 0.05) is 24.4 Å². The minimum atomic E-state index is -0.450. The number of nitrogens with zero attached hydrogens (tertiary/aromatic N) is 3. The third kappa shape index (κ3) is 4.63. The van der Waals surface area contributed by atoms with Gasteiger partial charge in [0.15, 0.2) is 5.69 Å². The molecule has 1 amide bonds. The Morgan fingerprint density at radius 3 is 2.30 bits per heavy atom. The molecule has 0 spiro atoms. The van der Waals surface area contributed by atoms with Crippen LogP contribution in [-0.4, -0.2) is 29.4 Å². The number of carbonyl (C=O) groups excluding carboxylic acids is 1. The molecule has 0 aliphatic heterocycles. The quantitative estimate of drug-likeness (QED) is 0.477. The van der Waals surface area contributed by atoms with Gasteiger partial charge in [0.1, 0.15) is 5.82 Å². The van der Waals surface area contributed by atoms with Crippen LogP contribution >= 0.6 is 0 Å². The molecule has 3 rings (SSSR count). The molecule has 1 aromatic heterocycles. The Balaban J connectivity index is 1.83. The van der Waals surface area contributed by atoms with E-state index in [4.69, 9.17) is 0 Å². The molecule has 0 radical (unpaired) electrons. The summed E-state index contributed by atoms with van der Waals surface area (Å²) in [6.45, 7) is 6.00. The molecule has 0 atom stereocenters. The summed E-state index contributed by atoms with van der Waals surface area (Å²) in [5.74, 6) is 0.293. The molecule has 2 aromatic carbocycles. The maximum Gasteiger partial charge on any atom is 0.295 e. The third-order valence-electron chi connectivity index (χ3n) is 4.82. The number of nitrogens with one attached hydrogen (secondary N) is 1. The summed E-state index contributed by atoms with van der Waals surface area (Å²) in [7, 11) is 1.73. The highest BCUT2D eigenvalue weighted by Crippen LogP contribution is 2.30. The van der Waals surface area contributed by atoms with Gasteiger partial charge in [0.2, 0.25) is 5.91 Å². The van der Waals surface area contributed by atoms with Crippen LogP contribution in [0, 0.1) is 30.9 Å². The molecule has 7 nitrogen and oxygen atoms in total. The van der Waals surface area contributed by atoms with Gasteiger partial charge < -0.3 is 10.2 Å². The molecule has 0 aliphatic rings. The first kappa shape index (κ1) is 21.0. The summed E-state index contributed by atoms with van der Waals surface area (Å²) < 4.78 is 0. The predicted molar refractivity (Wildman–Crippen MR) is 119 cm³/mol. The SMILES string of the molecule is Cc1cc(C)c(NC(=O)CN(C)c2ccc([N+](=O)[O-])c(-c3ccccc3)n2)c(C)c1. The van der Waals surface area contributed by atoms with Crippen LogP contribution in [0.15, 0.2) is 54.6 Å². The predicted octanol–water partition coefficient (Wildman–Crippen LogP) is 4.66. The second kappa shape index (κ2) is 8.73. The van der Waals surface area contributed by atoms with E-state index >= 15 is 0 Å². The van der Waals surface area contributed by atoms with Gasteiger partial charge in [-0.3, -0.25) is 14.9 Å². The van der Waals surface area contributed by atoms with Crippen LogP contribution in [0.2, 0.25) is 0 Å². The summed E-state index contributed by atoms with van der Waals surface area (Å²) in [5.41, 5.74) is 4.80. The molecule has 0 unspecified atom stereocenters. The molecule has 1 N–H and O–H groups in total. The fourth-order valence-corrected chi connectivity index (χ4v) is 3.46. The summed E-state index contributed by atoms with van der Waals surface area (Å²) in [6.07, 6.45) is 0. The number of hydrogen-bond acceptors (Lipinski definition) is 5. The molecule has 7 heteroatoms. The highest BCUT2D eigenvalue weighted by molar-refractivity contribution is 5.95. The Morgan fingerprint density at radius 2 is 1.70 bits per heavy atom. The molecule has 0 aliphatic carbocycles. The molecule has 0 saturated carbocycles. The van der Waals surface area contributed by atoms with E-state index < -0.39 is 4.92 Å². The number of carbonyl (C=O) groups is 1. The van der Waals surface area contributed by atoms with E-state index in [-0.39, 0.29) is 23.8 Å². The molecular weight excluding hydrogens is 380 g/mol. The number of aryl methyl sites for hydroxylation is 3. The largest absolute Gasteiger partial charge is 0.350 e. The normalized spacial score (nSPS) is 10.5. The Labute approximate surface area is 175 Å². The first-order chi connectivity index (χ1) is 14.3. The molecule has 1 heterocycles. The van der Waals surface area contributed by atoms with Crippen molar-refractivity contribution in [1.82, 2.24) is 4.98 Å². The lowest BCUT2D eigenvalue weighted by Gasteiger charge is -2.20. The first-order valence-electron chi connectivity index (χ1n) is 9.56. The number of pyridine rings is 1. The number of nitro groups is 1. The molecule has 30 heavy (non-hydrogen) atoms. The zero-order valence-electron chi connectivity index (χ0n) is 17.5. The van der Waals surface area contributed by atoms with Gasteiger partial charge in [-0.05, 0) is 38.0 Å². The summed E-state index contributed by atoms with van der Waals surface area (Å²) in [6, 6.07) is 16.0. The first-order valence-corrected chi connectivity index (χ1v) is 9.56. The Hall–Kier alpha value is -3.74. The van der Waals surface area contributed by atoms with Crippen LogP contribution in [0.3, 0.4) is 0 Å². The van der Waals surface area contributed by atoms with E-state index in [1.807, 2.05) is 39.0 Å². The van der Waals surface area contributed by atoms with Crippen molar-refractivity contribution in [2.45, 2.75) is 20.8 Å². The molecule has 3 aromatic rings. The van der Waals surface area contributed by atoms with Crippen LogP contribution in [0.25, 0.3) is 11.3 Å². The number of anilines is 2. The lowest BCUT2D eigenvalue weighted by atomic mass is 10.1. The highest BCUT2D eigenvalue weighted by atomic mass is 16.6. The van der Waals surface area contributed by atoms with E-state index in [0.717, 1.165) is 22.4 Å². The van der Waals surface area contributed by atoms with Crippen molar-refractivity contribution in [3.05, 3.63) is 81.4 Å². The van der Waals surface area contributed by atoms with Crippen LogP contribution in [0.4, 0.5) is 17.2 Å². The number of hydrogen-bond donors (Lipinski definition) is 1. The van der Waals surface area contributed by atoms with Crippen molar-refractivity contribution in [1.29, 1.82) is 0 Å². The van der Waals surface area contributed by atoms with Crippen molar-refractivity contribution in [3.8, 4) is 11.3 Å². The number of amides is 1. The topological polar surface area (TPSA) is 88.4 Å². The summed E-state index contributed by atoms with van der Waals surface area (Å²) in [5, 5.41) is 14.4. The van der Waals surface area contributed by atoms with Crippen LogP contribution < -0.4 is 10.2 Å². The van der Waals surface area contributed by atoms with Crippen molar-refractivity contribution in [2.75, 3.05) is 23.8 Å². The second-order valence-corrected chi connectivity index (χ2v) is 7.34. The molecule has 0 bridgehead atoms. The fraction of sp³-hybridized carbons (Fsp3) is 0.217. The smallest absolute Gasteiger partial charge is 0.295 e. The van der Waals surface area contributed by atoms with Crippen LogP contribution in [-0.2, 0) is 4.79 Å². The van der Waals surface area contributed by atoms with Gasteiger partial charge >= 0.3 is 0 Å². The van der Waals surface area contributed by atoms with Gasteiger partial charge in [-0.1, -0.05) is 48.0 Å². The Morgan fingerprint density at radius 1 is 1.07 bits per heavy atom.